The fourth-order valence-electron chi connectivity index (χ4n) is 1.81. The lowest BCUT2D eigenvalue weighted by Crippen LogP contribution is -2.06. The summed E-state index contributed by atoms with van der Waals surface area (Å²) in [5.41, 5.74) is 7.24. The highest BCUT2D eigenvalue weighted by Crippen LogP contribution is 2.20. The van der Waals surface area contributed by atoms with E-state index in [0.717, 1.165) is 15.6 Å². The SMILES string of the molecule is NCc1cccc(CS(=O)(=O)c2cccc(Br)c2)c1. The zero-order valence-electron chi connectivity index (χ0n) is 10.2. The molecule has 0 amide bonds. The molecule has 3 nitrogen and oxygen atoms in total. The third-order valence-electron chi connectivity index (χ3n) is 2.74. The maximum atomic E-state index is 12.3. The van der Waals surface area contributed by atoms with Crippen LogP contribution in [0, 0.1) is 0 Å². The highest BCUT2D eigenvalue weighted by molar-refractivity contribution is 9.10. The average molecular weight is 340 g/mol. The first-order valence-corrected chi connectivity index (χ1v) is 8.22. The van der Waals surface area contributed by atoms with Crippen molar-refractivity contribution in [2.75, 3.05) is 0 Å². The summed E-state index contributed by atoms with van der Waals surface area (Å²) in [4.78, 5) is 0.319. The predicted molar refractivity (Wildman–Crippen MR) is 79.4 cm³/mol. The Bertz CT molecular complexity index is 683. The molecule has 2 N–H and O–H groups in total. The summed E-state index contributed by atoms with van der Waals surface area (Å²) in [6.45, 7) is 0.408. The molecular formula is C14H14BrNO2S. The molecule has 0 aliphatic rings. The van der Waals surface area contributed by atoms with E-state index in [-0.39, 0.29) is 5.75 Å². The van der Waals surface area contributed by atoms with Crippen molar-refractivity contribution in [3.05, 3.63) is 64.1 Å². The third-order valence-corrected chi connectivity index (χ3v) is 4.92. The maximum absolute atomic E-state index is 12.3. The number of hydrogen-bond acceptors (Lipinski definition) is 3. The molecule has 0 spiro atoms. The van der Waals surface area contributed by atoms with E-state index in [9.17, 15) is 8.42 Å². The van der Waals surface area contributed by atoms with Crippen LogP contribution in [-0.2, 0) is 22.1 Å². The van der Waals surface area contributed by atoms with Crippen LogP contribution in [-0.4, -0.2) is 8.42 Å². The molecule has 0 saturated carbocycles. The van der Waals surface area contributed by atoms with Gasteiger partial charge in [-0.1, -0.05) is 46.3 Å². The van der Waals surface area contributed by atoms with Crippen molar-refractivity contribution in [3.63, 3.8) is 0 Å². The van der Waals surface area contributed by atoms with Crippen LogP contribution in [0.4, 0.5) is 0 Å². The smallest absolute Gasteiger partial charge is 0.182 e. The van der Waals surface area contributed by atoms with Gasteiger partial charge in [-0.15, -0.1) is 0 Å². The van der Waals surface area contributed by atoms with Crippen LogP contribution in [0.5, 0.6) is 0 Å². The topological polar surface area (TPSA) is 60.2 Å². The standard InChI is InChI=1S/C14H14BrNO2S/c15-13-5-2-6-14(8-13)19(17,18)10-12-4-1-3-11(7-12)9-16/h1-8H,9-10,16H2. The Morgan fingerprint density at radius 1 is 1.00 bits per heavy atom. The molecule has 0 bridgehead atoms. The number of benzene rings is 2. The minimum absolute atomic E-state index is 0.0166. The molecule has 100 valence electrons. The van der Waals surface area contributed by atoms with Crippen molar-refractivity contribution >= 4 is 25.8 Å². The van der Waals surface area contributed by atoms with Gasteiger partial charge in [-0.2, -0.15) is 0 Å². The zero-order chi connectivity index (χ0) is 13.9. The quantitative estimate of drug-likeness (QED) is 0.931. The van der Waals surface area contributed by atoms with Gasteiger partial charge in [-0.3, -0.25) is 0 Å². The first-order chi connectivity index (χ1) is 9.01. The van der Waals surface area contributed by atoms with Gasteiger partial charge < -0.3 is 5.73 Å². The van der Waals surface area contributed by atoms with Crippen LogP contribution in [0.25, 0.3) is 0 Å². The highest BCUT2D eigenvalue weighted by Gasteiger charge is 2.15. The molecule has 5 heteroatoms. The monoisotopic (exact) mass is 339 g/mol. The second-order valence-electron chi connectivity index (χ2n) is 4.24. The van der Waals surface area contributed by atoms with Crippen molar-refractivity contribution in [1.29, 1.82) is 0 Å². The highest BCUT2D eigenvalue weighted by atomic mass is 79.9. The molecule has 0 aliphatic carbocycles. The lowest BCUT2D eigenvalue weighted by Gasteiger charge is -2.06. The number of hydrogen-bond donors (Lipinski definition) is 1. The van der Waals surface area contributed by atoms with Gasteiger partial charge in [0, 0.05) is 11.0 Å². The molecule has 0 heterocycles. The summed E-state index contributed by atoms with van der Waals surface area (Å²) in [5.74, 6) is -0.0166. The van der Waals surface area contributed by atoms with E-state index >= 15 is 0 Å². The normalized spacial score (nSPS) is 11.5. The third kappa shape index (κ3) is 3.65. The van der Waals surface area contributed by atoms with E-state index in [1.807, 2.05) is 18.2 Å². The minimum atomic E-state index is -3.33. The van der Waals surface area contributed by atoms with Gasteiger partial charge in [0.05, 0.1) is 10.6 Å². The molecule has 19 heavy (non-hydrogen) atoms. The van der Waals surface area contributed by atoms with Crippen molar-refractivity contribution in [1.82, 2.24) is 0 Å². The van der Waals surface area contributed by atoms with Gasteiger partial charge in [0.25, 0.3) is 0 Å². The van der Waals surface area contributed by atoms with Crippen molar-refractivity contribution < 1.29 is 8.42 Å². The Morgan fingerprint density at radius 2 is 1.68 bits per heavy atom. The second kappa shape index (κ2) is 5.86. The van der Waals surface area contributed by atoms with E-state index in [4.69, 9.17) is 5.73 Å². The molecule has 0 saturated heterocycles. The maximum Gasteiger partial charge on any atom is 0.182 e. The van der Waals surface area contributed by atoms with Crippen LogP contribution >= 0.6 is 15.9 Å². The number of rotatable bonds is 4. The Morgan fingerprint density at radius 3 is 2.37 bits per heavy atom. The molecule has 2 aromatic rings. The molecule has 0 radical (unpaired) electrons. The van der Waals surface area contributed by atoms with Gasteiger partial charge in [0.1, 0.15) is 0 Å². The van der Waals surface area contributed by atoms with Gasteiger partial charge in [0.2, 0.25) is 0 Å². The minimum Gasteiger partial charge on any atom is -0.326 e. The van der Waals surface area contributed by atoms with E-state index < -0.39 is 9.84 Å². The second-order valence-corrected chi connectivity index (χ2v) is 7.15. The van der Waals surface area contributed by atoms with E-state index in [0.29, 0.717) is 11.4 Å². The van der Waals surface area contributed by atoms with Crippen LogP contribution in [0.1, 0.15) is 11.1 Å². The molecule has 0 aliphatic heterocycles. The fourth-order valence-corrected chi connectivity index (χ4v) is 3.74. The van der Waals surface area contributed by atoms with Gasteiger partial charge >= 0.3 is 0 Å². The number of nitrogens with two attached hydrogens (primary N) is 1. The van der Waals surface area contributed by atoms with Crippen molar-refractivity contribution in [2.45, 2.75) is 17.2 Å². The average Bonchev–Trinajstić information content (AvgIpc) is 2.38. The van der Waals surface area contributed by atoms with E-state index in [1.165, 1.54) is 0 Å². The summed E-state index contributed by atoms with van der Waals surface area (Å²) in [6, 6.07) is 14.1. The van der Waals surface area contributed by atoms with Gasteiger partial charge in [0.15, 0.2) is 9.84 Å². The van der Waals surface area contributed by atoms with Crippen LogP contribution in [0.15, 0.2) is 57.9 Å². The van der Waals surface area contributed by atoms with Crippen LogP contribution in [0.2, 0.25) is 0 Å². The lowest BCUT2D eigenvalue weighted by molar-refractivity contribution is 0.595. The lowest BCUT2D eigenvalue weighted by atomic mass is 10.1. The first-order valence-electron chi connectivity index (χ1n) is 5.77. The summed E-state index contributed by atoms with van der Waals surface area (Å²) < 4.78 is 25.4. The Hall–Kier alpha value is -1.17. The van der Waals surface area contributed by atoms with E-state index in [2.05, 4.69) is 15.9 Å². The predicted octanol–water partition coefficient (Wildman–Crippen LogP) is 2.88. The Kier molecular flexibility index (Phi) is 4.39. The van der Waals surface area contributed by atoms with Crippen molar-refractivity contribution in [2.24, 2.45) is 5.73 Å². The molecule has 0 atom stereocenters. The molecule has 2 aromatic carbocycles. The summed E-state index contributed by atoms with van der Waals surface area (Å²) >= 11 is 3.28. The Labute approximate surface area is 121 Å². The molecule has 0 fully saturated rings. The van der Waals surface area contributed by atoms with Gasteiger partial charge in [-0.25, -0.2) is 8.42 Å². The molecule has 0 aromatic heterocycles. The van der Waals surface area contributed by atoms with Crippen LogP contribution in [0.3, 0.4) is 0 Å². The van der Waals surface area contributed by atoms with Gasteiger partial charge in [-0.05, 0) is 29.3 Å². The Balaban J connectivity index is 2.31. The summed E-state index contributed by atoms with van der Waals surface area (Å²) in [6.07, 6.45) is 0. The summed E-state index contributed by atoms with van der Waals surface area (Å²) in [7, 11) is -3.33. The van der Waals surface area contributed by atoms with Crippen molar-refractivity contribution in [3.8, 4) is 0 Å². The first kappa shape index (κ1) is 14.2. The number of halogens is 1. The zero-order valence-corrected chi connectivity index (χ0v) is 12.6. The van der Waals surface area contributed by atoms with E-state index in [1.54, 1.807) is 30.3 Å². The summed E-state index contributed by atoms with van der Waals surface area (Å²) in [5, 5.41) is 0. The molecule has 2 rings (SSSR count). The fraction of sp³-hybridized carbons (Fsp3) is 0.143. The number of sulfone groups is 1. The molecule has 0 unspecified atom stereocenters. The molecular weight excluding hydrogens is 326 g/mol. The largest absolute Gasteiger partial charge is 0.326 e. The van der Waals surface area contributed by atoms with Crippen LogP contribution < -0.4 is 5.73 Å².